The summed E-state index contributed by atoms with van der Waals surface area (Å²) in [7, 11) is -2.84. The normalized spacial score (nSPS) is 21.7. The van der Waals surface area contributed by atoms with Crippen molar-refractivity contribution in [1.82, 2.24) is 10.3 Å². The summed E-state index contributed by atoms with van der Waals surface area (Å²) in [6, 6.07) is 1.59. The maximum absolute atomic E-state index is 13.0. The van der Waals surface area contributed by atoms with E-state index < -0.39 is 9.84 Å². The molecular formula is C12H17FN2O2S. The molecule has 0 spiro atoms. The number of pyridine rings is 1. The summed E-state index contributed by atoms with van der Waals surface area (Å²) in [5, 5.41) is 3.33. The van der Waals surface area contributed by atoms with Gasteiger partial charge in [0.2, 0.25) is 0 Å². The zero-order valence-electron chi connectivity index (χ0n) is 10.3. The van der Waals surface area contributed by atoms with E-state index in [2.05, 4.69) is 10.3 Å². The molecule has 0 bridgehead atoms. The van der Waals surface area contributed by atoms with Crippen LogP contribution in [-0.4, -0.2) is 30.9 Å². The van der Waals surface area contributed by atoms with Crippen LogP contribution in [0.3, 0.4) is 0 Å². The molecule has 1 unspecified atom stereocenters. The number of sulfone groups is 1. The molecule has 18 heavy (non-hydrogen) atoms. The summed E-state index contributed by atoms with van der Waals surface area (Å²) in [5.41, 5.74) is 0.781. The maximum Gasteiger partial charge on any atom is 0.150 e. The highest BCUT2D eigenvalue weighted by Crippen LogP contribution is 2.18. The molecule has 1 N–H and O–H groups in total. The Bertz CT molecular complexity index is 505. The smallest absolute Gasteiger partial charge is 0.150 e. The van der Waals surface area contributed by atoms with Crippen molar-refractivity contribution in [3.05, 3.63) is 29.8 Å². The lowest BCUT2D eigenvalue weighted by atomic mass is 10.1. The average molecular weight is 272 g/mol. The number of nitrogens with one attached hydrogen (secondary N) is 1. The van der Waals surface area contributed by atoms with Crippen LogP contribution in [0.5, 0.6) is 0 Å². The zero-order valence-corrected chi connectivity index (χ0v) is 11.1. The molecule has 1 aliphatic rings. The van der Waals surface area contributed by atoms with E-state index in [9.17, 15) is 12.8 Å². The Morgan fingerprint density at radius 3 is 2.67 bits per heavy atom. The van der Waals surface area contributed by atoms with Crippen LogP contribution in [-0.2, 0) is 9.84 Å². The summed E-state index contributed by atoms with van der Waals surface area (Å²) in [5.74, 6) is 0.116. The highest BCUT2D eigenvalue weighted by molar-refractivity contribution is 7.91. The van der Waals surface area contributed by atoms with Crippen molar-refractivity contribution < 1.29 is 12.8 Å². The standard InChI is InChI=1S/C12H17FN2O2S/c1-9(10-6-11(13)8-14-7-10)15-12-2-4-18(16,17)5-3-12/h6-9,12,15H,2-5H2,1H3. The van der Waals surface area contributed by atoms with Gasteiger partial charge in [0.1, 0.15) is 15.7 Å². The quantitative estimate of drug-likeness (QED) is 0.904. The molecule has 0 aliphatic carbocycles. The number of nitrogens with zero attached hydrogens (tertiary/aromatic N) is 1. The van der Waals surface area contributed by atoms with Crippen LogP contribution >= 0.6 is 0 Å². The molecule has 2 rings (SSSR count). The van der Waals surface area contributed by atoms with Crippen LogP contribution in [0.4, 0.5) is 4.39 Å². The lowest BCUT2D eigenvalue weighted by molar-refractivity contribution is 0.418. The lowest BCUT2D eigenvalue weighted by Crippen LogP contribution is -2.38. The third-order valence-electron chi connectivity index (χ3n) is 3.27. The molecule has 0 saturated carbocycles. The Labute approximate surface area is 107 Å². The van der Waals surface area contributed by atoms with Crippen LogP contribution < -0.4 is 5.32 Å². The Morgan fingerprint density at radius 1 is 1.39 bits per heavy atom. The van der Waals surface area contributed by atoms with Gasteiger partial charge in [-0.15, -0.1) is 0 Å². The summed E-state index contributed by atoms with van der Waals surface area (Å²) in [4.78, 5) is 3.81. The van der Waals surface area contributed by atoms with Crippen molar-refractivity contribution in [2.45, 2.75) is 31.8 Å². The van der Waals surface area contributed by atoms with Crippen molar-refractivity contribution >= 4 is 9.84 Å². The molecule has 0 radical (unpaired) electrons. The van der Waals surface area contributed by atoms with Gasteiger partial charge in [-0.3, -0.25) is 4.98 Å². The van der Waals surface area contributed by atoms with Gasteiger partial charge in [-0.1, -0.05) is 0 Å². The van der Waals surface area contributed by atoms with Gasteiger partial charge in [0.15, 0.2) is 0 Å². The predicted octanol–water partition coefficient (Wildman–Crippen LogP) is 1.45. The predicted molar refractivity (Wildman–Crippen MR) is 67.4 cm³/mol. The molecule has 1 aromatic rings. The molecule has 6 heteroatoms. The maximum atomic E-state index is 13.0. The first-order valence-electron chi connectivity index (χ1n) is 6.03. The summed E-state index contributed by atoms with van der Waals surface area (Å²) >= 11 is 0. The van der Waals surface area contributed by atoms with Gasteiger partial charge in [0.25, 0.3) is 0 Å². The molecule has 2 heterocycles. The van der Waals surface area contributed by atoms with Gasteiger partial charge in [0.05, 0.1) is 17.7 Å². The van der Waals surface area contributed by atoms with Crippen LogP contribution in [0, 0.1) is 5.82 Å². The minimum atomic E-state index is -2.84. The van der Waals surface area contributed by atoms with E-state index in [0.29, 0.717) is 12.8 Å². The number of aromatic nitrogens is 1. The average Bonchev–Trinajstić information content (AvgIpc) is 2.32. The molecule has 1 atom stereocenters. The van der Waals surface area contributed by atoms with Crippen LogP contribution in [0.2, 0.25) is 0 Å². The van der Waals surface area contributed by atoms with E-state index in [1.165, 1.54) is 12.3 Å². The molecule has 100 valence electrons. The molecule has 4 nitrogen and oxygen atoms in total. The molecule has 0 amide bonds. The van der Waals surface area contributed by atoms with E-state index in [0.717, 1.165) is 5.56 Å². The minimum Gasteiger partial charge on any atom is -0.307 e. The third kappa shape index (κ3) is 3.49. The molecule has 1 saturated heterocycles. The first kappa shape index (κ1) is 13.4. The SMILES string of the molecule is CC(NC1CCS(=O)(=O)CC1)c1cncc(F)c1. The van der Waals surface area contributed by atoms with Crippen molar-refractivity contribution in [3.8, 4) is 0 Å². The molecule has 0 aromatic carbocycles. The van der Waals surface area contributed by atoms with Gasteiger partial charge in [-0.25, -0.2) is 12.8 Å². The van der Waals surface area contributed by atoms with Crippen molar-refractivity contribution in [2.24, 2.45) is 0 Å². The van der Waals surface area contributed by atoms with Crippen LogP contribution in [0.15, 0.2) is 18.5 Å². The Kier molecular flexibility index (Phi) is 3.97. The van der Waals surface area contributed by atoms with Gasteiger partial charge in [-0.2, -0.15) is 0 Å². The summed E-state index contributed by atoms with van der Waals surface area (Å²) in [6.45, 7) is 1.93. The monoisotopic (exact) mass is 272 g/mol. The molecular weight excluding hydrogens is 255 g/mol. The fraction of sp³-hybridized carbons (Fsp3) is 0.583. The second-order valence-electron chi connectivity index (χ2n) is 4.75. The second kappa shape index (κ2) is 5.32. The largest absolute Gasteiger partial charge is 0.307 e. The highest BCUT2D eigenvalue weighted by Gasteiger charge is 2.24. The van der Waals surface area contributed by atoms with Gasteiger partial charge >= 0.3 is 0 Å². The first-order chi connectivity index (χ1) is 8.46. The number of hydrogen-bond acceptors (Lipinski definition) is 4. The Morgan fingerprint density at radius 2 is 2.06 bits per heavy atom. The van der Waals surface area contributed by atoms with Crippen molar-refractivity contribution in [3.63, 3.8) is 0 Å². The van der Waals surface area contributed by atoms with Crippen LogP contribution in [0.1, 0.15) is 31.4 Å². The molecule has 1 aromatic heterocycles. The van der Waals surface area contributed by atoms with E-state index >= 15 is 0 Å². The van der Waals surface area contributed by atoms with Gasteiger partial charge < -0.3 is 5.32 Å². The zero-order chi connectivity index (χ0) is 13.2. The van der Waals surface area contributed by atoms with E-state index in [1.54, 1.807) is 6.20 Å². The Balaban J connectivity index is 1.94. The number of halogens is 1. The minimum absolute atomic E-state index is 0.0287. The third-order valence-corrected chi connectivity index (χ3v) is 4.98. The molecule has 1 fully saturated rings. The highest BCUT2D eigenvalue weighted by atomic mass is 32.2. The van der Waals surface area contributed by atoms with Crippen molar-refractivity contribution in [2.75, 3.05) is 11.5 Å². The van der Waals surface area contributed by atoms with Crippen molar-refractivity contribution in [1.29, 1.82) is 0 Å². The summed E-state index contributed by atoms with van der Waals surface area (Å²) < 4.78 is 35.7. The number of rotatable bonds is 3. The van der Waals surface area contributed by atoms with Crippen LogP contribution in [0.25, 0.3) is 0 Å². The second-order valence-corrected chi connectivity index (χ2v) is 7.05. The summed E-state index contributed by atoms with van der Waals surface area (Å²) in [6.07, 6.45) is 4.04. The fourth-order valence-corrected chi connectivity index (χ4v) is 3.66. The first-order valence-corrected chi connectivity index (χ1v) is 7.85. The fourth-order valence-electron chi connectivity index (χ4n) is 2.17. The van der Waals surface area contributed by atoms with E-state index in [1.807, 2.05) is 6.92 Å². The Hall–Kier alpha value is -1.01. The lowest BCUT2D eigenvalue weighted by Gasteiger charge is -2.26. The number of hydrogen-bond donors (Lipinski definition) is 1. The van der Waals surface area contributed by atoms with Gasteiger partial charge in [0, 0.05) is 18.3 Å². The van der Waals surface area contributed by atoms with Gasteiger partial charge in [-0.05, 0) is 31.4 Å². The molecule has 1 aliphatic heterocycles. The van der Waals surface area contributed by atoms with E-state index in [4.69, 9.17) is 0 Å². The topological polar surface area (TPSA) is 59.1 Å². The van der Waals surface area contributed by atoms with E-state index in [-0.39, 0.29) is 29.4 Å².